The lowest BCUT2D eigenvalue weighted by Gasteiger charge is -2.07. The van der Waals surface area contributed by atoms with Crippen LogP contribution in [0.1, 0.15) is 12.6 Å². The fourth-order valence-electron chi connectivity index (χ4n) is 1.34. The summed E-state index contributed by atoms with van der Waals surface area (Å²) in [7, 11) is 1.72. The van der Waals surface area contributed by atoms with Crippen molar-refractivity contribution < 1.29 is 4.74 Å². The van der Waals surface area contributed by atoms with Crippen molar-refractivity contribution in [1.82, 2.24) is 14.9 Å². The fourth-order valence-corrected chi connectivity index (χ4v) is 1.34. The van der Waals surface area contributed by atoms with E-state index in [0.717, 1.165) is 32.7 Å². The molecule has 1 rings (SSSR count). The summed E-state index contributed by atoms with van der Waals surface area (Å²) in [6, 6.07) is 0. The van der Waals surface area contributed by atoms with Crippen LogP contribution in [0.2, 0.25) is 0 Å². The van der Waals surface area contributed by atoms with E-state index >= 15 is 0 Å². The zero-order chi connectivity index (χ0) is 10.2. The number of hydrogen-bond donors (Lipinski definition) is 1. The Balaban J connectivity index is 2.17. The smallest absolute Gasteiger partial charge is 0.0948 e. The maximum Gasteiger partial charge on any atom is 0.0948 e. The van der Waals surface area contributed by atoms with Gasteiger partial charge in [0.25, 0.3) is 0 Å². The Morgan fingerprint density at radius 2 is 2.36 bits per heavy atom. The molecular formula is C10H19N3O. The first kappa shape index (κ1) is 11.2. The Hall–Kier alpha value is -0.870. The zero-order valence-corrected chi connectivity index (χ0v) is 8.99. The second-order valence-electron chi connectivity index (χ2n) is 3.17. The quantitative estimate of drug-likeness (QED) is 0.653. The zero-order valence-electron chi connectivity index (χ0n) is 8.99. The molecule has 0 spiro atoms. The second kappa shape index (κ2) is 6.56. The number of ether oxygens (including phenoxy) is 1. The first-order chi connectivity index (χ1) is 6.88. The number of nitrogens with one attached hydrogen (secondary N) is 1. The molecule has 0 unspecified atom stereocenters. The minimum atomic E-state index is 0.768. The number of rotatable bonds is 7. The fraction of sp³-hybridized carbons (Fsp3) is 0.700. The molecule has 1 aromatic rings. The summed E-state index contributed by atoms with van der Waals surface area (Å²) in [5, 5.41) is 3.30. The molecule has 0 bridgehead atoms. The van der Waals surface area contributed by atoms with Crippen LogP contribution in [0.3, 0.4) is 0 Å². The van der Waals surface area contributed by atoms with E-state index in [0.29, 0.717) is 0 Å². The van der Waals surface area contributed by atoms with Crippen LogP contribution in [0.4, 0.5) is 0 Å². The van der Waals surface area contributed by atoms with Gasteiger partial charge in [0.05, 0.1) is 12.9 Å². The molecule has 80 valence electrons. The summed E-state index contributed by atoms with van der Waals surface area (Å²) in [4.78, 5) is 4.12. The molecule has 0 fully saturated rings. The molecule has 0 aliphatic carbocycles. The third-order valence-electron chi connectivity index (χ3n) is 2.17. The van der Waals surface area contributed by atoms with Crippen LogP contribution in [0.5, 0.6) is 0 Å². The summed E-state index contributed by atoms with van der Waals surface area (Å²) >= 11 is 0. The molecular weight excluding hydrogens is 178 g/mol. The Kier molecular flexibility index (Phi) is 5.25. The molecule has 0 aliphatic heterocycles. The summed E-state index contributed by atoms with van der Waals surface area (Å²) in [6.07, 6.45) is 4.85. The van der Waals surface area contributed by atoms with Crippen molar-refractivity contribution in [2.45, 2.75) is 19.9 Å². The molecule has 0 saturated heterocycles. The summed E-state index contributed by atoms with van der Waals surface area (Å²) in [5.74, 6) is 0. The Bertz CT molecular complexity index is 247. The van der Waals surface area contributed by atoms with Crippen molar-refractivity contribution in [2.75, 3.05) is 26.8 Å². The van der Waals surface area contributed by atoms with E-state index in [9.17, 15) is 0 Å². The number of hydrogen-bond acceptors (Lipinski definition) is 3. The number of methoxy groups -OCH3 is 1. The average Bonchev–Trinajstić information content (AvgIpc) is 2.65. The van der Waals surface area contributed by atoms with Gasteiger partial charge in [0.1, 0.15) is 0 Å². The summed E-state index contributed by atoms with van der Waals surface area (Å²) in [5.41, 5.74) is 1.29. The summed E-state index contributed by atoms with van der Waals surface area (Å²) < 4.78 is 7.12. The lowest BCUT2D eigenvalue weighted by Crippen LogP contribution is -2.23. The maximum absolute atomic E-state index is 4.94. The Morgan fingerprint density at radius 1 is 1.50 bits per heavy atom. The molecule has 0 atom stereocenters. The van der Waals surface area contributed by atoms with Crippen LogP contribution in [-0.4, -0.2) is 36.4 Å². The van der Waals surface area contributed by atoms with Crippen LogP contribution in [-0.2, 0) is 17.7 Å². The van der Waals surface area contributed by atoms with Crippen molar-refractivity contribution >= 4 is 0 Å². The highest BCUT2D eigenvalue weighted by Crippen LogP contribution is 1.98. The van der Waals surface area contributed by atoms with Crippen LogP contribution < -0.4 is 5.32 Å². The normalized spacial score (nSPS) is 10.7. The highest BCUT2D eigenvalue weighted by atomic mass is 16.5. The van der Waals surface area contributed by atoms with Gasteiger partial charge in [-0.15, -0.1) is 0 Å². The molecule has 1 heterocycles. The number of aromatic nitrogens is 2. The van der Waals surface area contributed by atoms with Gasteiger partial charge in [0.2, 0.25) is 0 Å². The third-order valence-corrected chi connectivity index (χ3v) is 2.17. The van der Waals surface area contributed by atoms with Crippen LogP contribution in [0.25, 0.3) is 0 Å². The SMILES string of the molecule is CCc1cncn1CCNCCOC. The molecule has 14 heavy (non-hydrogen) atoms. The van der Waals surface area contributed by atoms with E-state index in [1.807, 2.05) is 12.5 Å². The highest BCUT2D eigenvalue weighted by molar-refractivity contribution is 4.97. The van der Waals surface area contributed by atoms with E-state index < -0.39 is 0 Å². The average molecular weight is 197 g/mol. The van der Waals surface area contributed by atoms with Crippen molar-refractivity contribution in [3.05, 3.63) is 18.2 Å². The van der Waals surface area contributed by atoms with Crippen LogP contribution >= 0.6 is 0 Å². The molecule has 0 radical (unpaired) electrons. The number of imidazole rings is 1. The van der Waals surface area contributed by atoms with E-state index in [4.69, 9.17) is 4.74 Å². The minimum absolute atomic E-state index is 0.768. The lowest BCUT2D eigenvalue weighted by molar-refractivity contribution is 0.199. The molecule has 4 heteroatoms. The first-order valence-electron chi connectivity index (χ1n) is 5.07. The first-order valence-corrected chi connectivity index (χ1v) is 5.07. The van der Waals surface area contributed by atoms with Crippen LogP contribution in [0, 0.1) is 0 Å². The van der Waals surface area contributed by atoms with Gasteiger partial charge < -0.3 is 14.6 Å². The van der Waals surface area contributed by atoms with Gasteiger partial charge in [-0.3, -0.25) is 0 Å². The molecule has 0 amide bonds. The lowest BCUT2D eigenvalue weighted by atomic mass is 10.3. The van der Waals surface area contributed by atoms with Crippen molar-refractivity contribution in [3.8, 4) is 0 Å². The largest absolute Gasteiger partial charge is 0.383 e. The topological polar surface area (TPSA) is 39.1 Å². The highest BCUT2D eigenvalue weighted by Gasteiger charge is 1.97. The van der Waals surface area contributed by atoms with Gasteiger partial charge in [-0.1, -0.05) is 6.92 Å². The van der Waals surface area contributed by atoms with Gasteiger partial charge in [-0.05, 0) is 6.42 Å². The minimum Gasteiger partial charge on any atom is -0.383 e. The van der Waals surface area contributed by atoms with E-state index in [-0.39, 0.29) is 0 Å². The van der Waals surface area contributed by atoms with Gasteiger partial charge in [0.15, 0.2) is 0 Å². The van der Waals surface area contributed by atoms with Crippen molar-refractivity contribution in [1.29, 1.82) is 0 Å². The molecule has 1 N–H and O–H groups in total. The van der Waals surface area contributed by atoms with E-state index in [1.165, 1.54) is 5.69 Å². The summed E-state index contributed by atoms with van der Waals surface area (Å²) in [6.45, 7) is 5.77. The van der Waals surface area contributed by atoms with Gasteiger partial charge >= 0.3 is 0 Å². The van der Waals surface area contributed by atoms with Gasteiger partial charge in [0, 0.05) is 38.6 Å². The number of nitrogens with zero attached hydrogens (tertiary/aromatic N) is 2. The van der Waals surface area contributed by atoms with Gasteiger partial charge in [-0.2, -0.15) is 0 Å². The Labute approximate surface area is 85.3 Å². The van der Waals surface area contributed by atoms with E-state index in [1.54, 1.807) is 7.11 Å². The third kappa shape index (κ3) is 3.47. The molecule has 0 saturated carbocycles. The molecule has 0 aliphatic rings. The van der Waals surface area contributed by atoms with Crippen LogP contribution in [0.15, 0.2) is 12.5 Å². The molecule has 4 nitrogen and oxygen atoms in total. The second-order valence-corrected chi connectivity index (χ2v) is 3.17. The number of aryl methyl sites for hydroxylation is 1. The Morgan fingerprint density at radius 3 is 3.07 bits per heavy atom. The molecule has 1 aromatic heterocycles. The van der Waals surface area contributed by atoms with Crippen molar-refractivity contribution in [2.24, 2.45) is 0 Å². The van der Waals surface area contributed by atoms with Crippen molar-refractivity contribution in [3.63, 3.8) is 0 Å². The monoisotopic (exact) mass is 197 g/mol. The maximum atomic E-state index is 4.94. The van der Waals surface area contributed by atoms with Gasteiger partial charge in [-0.25, -0.2) is 4.98 Å². The predicted octanol–water partition coefficient (Wildman–Crippen LogP) is 0.681. The predicted molar refractivity (Wildman–Crippen MR) is 56.4 cm³/mol. The standard InChI is InChI=1S/C10H19N3O/c1-3-10-8-12-9-13(10)6-4-11-5-7-14-2/h8-9,11H,3-7H2,1-2H3. The molecule has 0 aromatic carbocycles. The van der Waals surface area contributed by atoms with E-state index in [2.05, 4.69) is 21.8 Å².